The summed E-state index contributed by atoms with van der Waals surface area (Å²) >= 11 is 1.47. The van der Waals surface area contributed by atoms with Gasteiger partial charge in [-0.25, -0.2) is 0 Å². The number of hydrogen-bond acceptors (Lipinski definition) is 5. The van der Waals surface area contributed by atoms with E-state index in [9.17, 15) is 4.79 Å². The van der Waals surface area contributed by atoms with Gasteiger partial charge in [0.2, 0.25) is 0 Å². The lowest BCUT2D eigenvalue weighted by molar-refractivity contribution is 0.0990. The van der Waals surface area contributed by atoms with Gasteiger partial charge in [-0.05, 0) is 31.2 Å². The molecule has 0 N–H and O–H groups in total. The molecule has 2 aromatic carbocycles. The van der Waals surface area contributed by atoms with E-state index >= 15 is 0 Å². The van der Waals surface area contributed by atoms with Crippen LogP contribution in [0.25, 0.3) is 10.2 Å². The van der Waals surface area contributed by atoms with Crippen molar-refractivity contribution in [1.82, 2.24) is 4.57 Å². The second-order valence-electron chi connectivity index (χ2n) is 5.66. The number of aromatic nitrogens is 1. The van der Waals surface area contributed by atoms with E-state index in [1.165, 1.54) is 25.6 Å². The van der Waals surface area contributed by atoms with Crippen LogP contribution < -0.4 is 14.3 Å². The molecule has 1 aromatic heterocycles. The Hall–Kier alpha value is -2.64. The Morgan fingerprint density at radius 3 is 2.44 bits per heavy atom. The highest BCUT2D eigenvalue weighted by Gasteiger charge is 2.18. The standard InChI is InChI=1S/C20H22N2O4S/c1-4-26-13-12-22-14-8-5-6-11-17(14)27-20(22)21-19(23)18-15(24-2)9-7-10-16(18)25-3/h5-11H,4,12-13H2,1-3H3. The van der Waals surface area contributed by atoms with Gasteiger partial charge in [-0.1, -0.05) is 29.5 Å². The van der Waals surface area contributed by atoms with Crippen molar-refractivity contribution >= 4 is 27.5 Å². The third kappa shape index (κ3) is 4.04. The molecule has 142 valence electrons. The zero-order chi connectivity index (χ0) is 19.2. The maximum atomic E-state index is 13.0. The molecular formula is C20H22N2O4S. The molecule has 27 heavy (non-hydrogen) atoms. The highest BCUT2D eigenvalue weighted by molar-refractivity contribution is 7.16. The summed E-state index contributed by atoms with van der Waals surface area (Å²) in [7, 11) is 3.04. The second-order valence-corrected chi connectivity index (χ2v) is 6.66. The lowest BCUT2D eigenvalue weighted by Crippen LogP contribution is -2.20. The highest BCUT2D eigenvalue weighted by atomic mass is 32.1. The summed E-state index contributed by atoms with van der Waals surface area (Å²) in [5.41, 5.74) is 1.34. The molecule has 3 aromatic rings. The van der Waals surface area contributed by atoms with Crippen molar-refractivity contribution in [3.8, 4) is 11.5 Å². The fourth-order valence-electron chi connectivity index (χ4n) is 2.83. The summed E-state index contributed by atoms with van der Waals surface area (Å²) in [6, 6.07) is 13.2. The van der Waals surface area contributed by atoms with Crippen LogP contribution >= 0.6 is 11.3 Å². The lowest BCUT2D eigenvalue weighted by Gasteiger charge is -2.10. The van der Waals surface area contributed by atoms with Gasteiger partial charge < -0.3 is 18.8 Å². The molecular weight excluding hydrogens is 364 g/mol. The van der Waals surface area contributed by atoms with Crippen LogP contribution in [-0.2, 0) is 11.3 Å². The fourth-order valence-corrected chi connectivity index (χ4v) is 3.88. The molecule has 0 spiro atoms. The first-order chi connectivity index (χ1) is 13.2. The van der Waals surface area contributed by atoms with Gasteiger partial charge in [0.25, 0.3) is 5.91 Å². The number of rotatable bonds is 7. The normalized spacial score (nSPS) is 11.7. The smallest absolute Gasteiger partial charge is 0.287 e. The predicted molar refractivity (Wildman–Crippen MR) is 106 cm³/mol. The molecule has 0 saturated heterocycles. The SMILES string of the molecule is CCOCCn1c(=NC(=O)c2c(OC)cccc2OC)sc2ccccc21. The Labute approximate surface area is 161 Å². The van der Waals surface area contributed by atoms with E-state index in [4.69, 9.17) is 14.2 Å². The van der Waals surface area contributed by atoms with E-state index in [1.807, 2.05) is 35.8 Å². The molecule has 0 fully saturated rings. The topological polar surface area (TPSA) is 62.1 Å². The molecule has 6 nitrogen and oxygen atoms in total. The molecule has 1 heterocycles. The summed E-state index contributed by atoms with van der Waals surface area (Å²) in [5, 5.41) is 0. The number of carbonyl (C=O) groups excluding carboxylic acids is 1. The summed E-state index contributed by atoms with van der Waals surface area (Å²) in [4.78, 5) is 18.0. The Kier molecular flexibility index (Phi) is 6.26. The Bertz CT molecular complexity index is 984. The number of nitrogens with zero attached hydrogens (tertiary/aromatic N) is 2. The van der Waals surface area contributed by atoms with Crippen LogP contribution in [0.5, 0.6) is 11.5 Å². The third-order valence-corrected chi connectivity index (χ3v) is 5.15. The van der Waals surface area contributed by atoms with Gasteiger partial charge in [0, 0.05) is 13.2 Å². The van der Waals surface area contributed by atoms with E-state index in [0.29, 0.717) is 41.6 Å². The largest absolute Gasteiger partial charge is 0.496 e. The summed E-state index contributed by atoms with van der Waals surface area (Å²) < 4.78 is 19.2. The van der Waals surface area contributed by atoms with Gasteiger partial charge in [-0.2, -0.15) is 4.99 Å². The average Bonchev–Trinajstić information content (AvgIpc) is 3.04. The maximum absolute atomic E-state index is 13.0. The summed E-state index contributed by atoms with van der Waals surface area (Å²) in [6.45, 7) is 3.77. The van der Waals surface area contributed by atoms with E-state index in [1.54, 1.807) is 18.2 Å². The minimum absolute atomic E-state index is 0.316. The molecule has 0 aliphatic rings. The van der Waals surface area contributed by atoms with Crippen LogP contribution in [0.1, 0.15) is 17.3 Å². The first kappa shape index (κ1) is 19.1. The van der Waals surface area contributed by atoms with Crippen molar-refractivity contribution in [3.63, 3.8) is 0 Å². The zero-order valence-electron chi connectivity index (χ0n) is 15.6. The molecule has 7 heteroatoms. The van der Waals surface area contributed by atoms with Crippen LogP contribution in [-0.4, -0.2) is 37.9 Å². The van der Waals surface area contributed by atoms with Gasteiger partial charge >= 0.3 is 0 Å². The van der Waals surface area contributed by atoms with Gasteiger partial charge in [-0.3, -0.25) is 4.79 Å². The number of hydrogen-bond donors (Lipinski definition) is 0. The Morgan fingerprint density at radius 2 is 1.78 bits per heavy atom. The molecule has 0 unspecified atom stereocenters. The number of thiazole rings is 1. The van der Waals surface area contributed by atoms with Crippen LogP contribution in [0, 0.1) is 0 Å². The van der Waals surface area contributed by atoms with Gasteiger partial charge in [0.15, 0.2) is 4.80 Å². The molecule has 1 amide bonds. The predicted octanol–water partition coefficient (Wildman–Crippen LogP) is 3.50. The van der Waals surface area contributed by atoms with Crippen LogP contribution in [0.3, 0.4) is 0 Å². The third-order valence-electron chi connectivity index (χ3n) is 4.09. The molecule has 0 radical (unpaired) electrons. The number of ether oxygens (including phenoxy) is 3. The van der Waals surface area contributed by atoms with Crippen molar-refractivity contribution in [2.75, 3.05) is 27.4 Å². The number of amides is 1. The Balaban J connectivity index is 2.10. The van der Waals surface area contributed by atoms with Crippen molar-refractivity contribution in [3.05, 3.63) is 52.8 Å². The molecule has 0 aliphatic heterocycles. The van der Waals surface area contributed by atoms with Crippen molar-refractivity contribution in [2.45, 2.75) is 13.5 Å². The number of benzene rings is 2. The first-order valence-electron chi connectivity index (χ1n) is 8.65. The van der Waals surface area contributed by atoms with E-state index in [0.717, 1.165) is 10.2 Å². The van der Waals surface area contributed by atoms with E-state index in [-0.39, 0.29) is 0 Å². The van der Waals surface area contributed by atoms with Gasteiger partial charge in [-0.15, -0.1) is 0 Å². The number of para-hydroxylation sites is 1. The first-order valence-corrected chi connectivity index (χ1v) is 9.47. The fraction of sp³-hybridized carbons (Fsp3) is 0.300. The van der Waals surface area contributed by atoms with E-state index in [2.05, 4.69) is 4.99 Å². The van der Waals surface area contributed by atoms with Gasteiger partial charge in [0.05, 0.1) is 31.0 Å². The number of fused-ring (bicyclic) bond motifs is 1. The van der Waals surface area contributed by atoms with E-state index < -0.39 is 5.91 Å². The quantitative estimate of drug-likeness (QED) is 0.583. The second kappa shape index (κ2) is 8.83. The zero-order valence-corrected chi connectivity index (χ0v) is 16.4. The molecule has 0 aliphatic carbocycles. The minimum atomic E-state index is -0.402. The number of carbonyl (C=O) groups is 1. The molecule has 0 saturated carbocycles. The highest BCUT2D eigenvalue weighted by Crippen LogP contribution is 2.29. The minimum Gasteiger partial charge on any atom is -0.496 e. The van der Waals surface area contributed by atoms with Crippen molar-refractivity contribution in [2.24, 2.45) is 4.99 Å². The molecule has 0 atom stereocenters. The van der Waals surface area contributed by atoms with Crippen molar-refractivity contribution in [1.29, 1.82) is 0 Å². The van der Waals surface area contributed by atoms with Crippen LogP contribution in [0.2, 0.25) is 0 Å². The molecule has 3 rings (SSSR count). The summed E-state index contributed by atoms with van der Waals surface area (Å²) in [5.74, 6) is 0.469. The monoisotopic (exact) mass is 386 g/mol. The van der Waals surface area contributed by atoms with Crippen LogP contribution in [0.4, 0.5) is 0 Å². The van der Waals surface area contributed by atoms with Crippen molar-refractivity contribution < 1.29 is 19.0 Å². The average molecular weight is 386 g/mol. The van der Waals surface area contributed by atoms with Gasteiger partial charge in [0.1, 0.15) is 17.1 Å². The maximum Gasteiger partial charge on any atom is 0.287 e. The lowest BCUT2D eigenvalue weighted by atomic mass is 10.1. The summed E-state index contributed by atoms with van der Waals surface area (Å²) in [6.07, 6.45) is 0. The molecule has 0 bridgehead atoms. The van der Waals surface area contributed by atoms with Crippen LogP contribution in [0.15, 0.2) is 47.5 Å². The number of methoxy groups -OCH3 is 2. The Morgan fingerprint density at radius 1 is 1.07 bits per heavy atom.